The quantitative estimate of drug-likeness (QED) is 0.428. The SMILES string of the molecule is COc1ccc(/C=C/C(=O)c2cc(C)nn2C)cc1COc1cccc(C)c1C. The van der Waals surface area contributed by atoms with E-state index in [0.717, 1.165) is 33.9 Å². The summed E-state index contributed by atoms with van der Waals surface area (Å²) in [6.07, 6.45) is 3.36. The highest BCUT2D eigenvalue weighted by molar-refractivity contribution is 6.05. The van der Waals surface area contributed by atoms with E-state index in [1.807, 2.05) is 44.2 Å². The second-order valence-corrected chi connectivity index (χ2v) is 7.05. The lowest BCUT2D eigenvalue weighted by atomic mass is 10.1. The Bertz CT molecular complexity index is 1060. The Hall–Kier alpha value is -3.34. The third-order valence-electron chi connectivity index (χ3n) is 4.92. The zero-order valence-electron chi connectivity index (χ0n) is 17.5. The van der Waals surface area contributed by atoms with Gasteiger partial charge in [-0.05, 0) is 67.8 Å². The minimum absolute atomic E-state index is 0.0860. The van der Waals surface area contributed by atoms with E-state index in [1.54, 1.807) is 37.1 Å². The molecule has 0 spiro atoms. The van der Waals surface area contributed by atoms with E-state index in [2.05, 4.69) is 18.1 Å². The topological polar surface area (TPSA) is 53.3 Å². The molecule has 0 saturated carbocycles. The van der Waals surface area contributed by atoms with Gasteiger partial charge in [0.15, 0.2) is 0 Å². The molecule has 0 atom stereocenters. The lowest BCUT2D eigenvalue weighted by molar-refractivity contribution is 0.103. The van der Waals surface area contributed by atoms with Gasteiger partial charge in [-0.25, -0.2) is 0 Å². The van der Waals surface area contributed by atoms with E-state index in [1.165, 1.54) is 5.56 Å². The number of aryl methyl sites for hydroxylation is 3. The number of ketones is 1. The first-order valence-electron chi connectivity index (χ1n) is 9.48. The molecule has 0 saturated heterocycles. The van der Waals surface area contributed by atoms with Crippen LogP contribution in [0, 0.1) is 20.8 Å². The predicted octanol–water partition coefficient (Wildman–Crippen LogP) is 4.83. The molecule has 5 nitrogen and oxygen atoms in total. The van der Waals surface area contributed by atoms with Crippen LogP contribution in [-0.4, -0.2) is 22.7 Å². The molecule has 5 heteroatoms. The van der Waals surface area contributed by atoms with Crippen LogP contribution in [-0.2, 0) is 13.7 Å². The van der Waals surface area contributed by atoms with E-state index < -0.39 is 0 Å². The average molecular weight is 390 g/mol. The van der Waals surface area contributed by atoms with Crippen molar-refractivity contribution in [1.82, 2.24) is 9.78 Å². The molecule has 3 aromatic rings. The van der Waals surface area contributed by atoms with E-state index in [0.29, 0.717) is 12.3 Å². The van der Waals surface area contributed by atoms with Gasteiger partial charge >= 0.3 is 0 Å². The number of carbonyl (C=O) groups is 1. The van der Waals surface area contributed by atoms with Crippen LogP contribution in [0.2, 0.25) is 0 Å². The van der Waals surface area contributed by atoms with Crippen LogP contribution in [0.15, 0.2) is 48.5 Å². The number of nitrogens with zero attached hydrogens (tertiary/aromatic N) is 2. The van der Waals surface area contributed by atoms with Crippen LogP contribution in [0.3, 0.4) is 0 Å². The zero-order chi connectivity index (χ0) is 21.0. The maximum absolute atomic E-state index is 12.4. The number of hydrogen-bond acceptors (Lipinski definition) is 4. The first-order chi connectivity index (χ1) is 13.9. The lowest BCUT2D eigenvalue weighted by Gasteiger charge is -2.13. The van der Waals surface area contributed by atoms with E-state index in [4.69, 9.17) is 9.47 Å². The molecule has 3 rings (SSSR count). The van der Waals surface area contributed by atoms with Gasteiger partial charge < -0.3 is 9.47 Å². The summed E-state index contributed by atoms with van der Waals surface area (Å²) >= 11 is 0. The molecule has 0 aliphatic rings. The zero-order valence-corrected chi connectivity index (χ0v) is 17.5. The first-order valence-corrected chi connectivity index (χ1v) is 9.48. The highest BCUT2D eigenvalue weighted by atomic mass is 16.5. The first kappa shape index (κ1) is 20.4. The lowest BCUT2D eigenvalue weighted by Crippen LogP contribution is -2.04. The second kappa shape index (κ2) is 8.78. The van der Waals surface area contributed by atoms with Crippen LogP contribution in [0.25, 0.3) is 6.08 Å². The summed E-state index contributed by atoms with van der Waals surface area (Å²) in [5.41, 5.74) is 5.51. The molecule has 0 radical (unpaired) electrons. The van der Waals surface area contributed by atoms with Crippen molar-refractivity contribution >= 4 is 11.9 Å². The molecule has 0 bridgehead atoms. The van der Waals surface area contributed by atoms with Crippen molar-refractivity contribution in [2.75, 3.05) is 7.11 Å². The Labute approximate surface area is 171 Å². The highest BCUT2D eigenvalue weighted by Gasteiger charge is 2.10. The summed E-state index contributed by atoms with van der Waals surface area (Å²) in [7, 11) is 3.41. The Balaban J connectivity index is 1.78. The fourth-order valence-corrected chi connectivity index (χ4v) is 3.15. The monoisotopic (exact) mass is 390 g/mol. The smallest absolute Gasteiger partial charge is 0.203 e. The van der Waals surface area contributed by atoms with Crippen molar-refractivity contribution in [3.05, 3.63) is 82.2 Å². The van der Waals surface area contributed by atoms with Crippen molar-refractivity contribution in [2.24, 2.45) is 7.05 Å². The predicted molar refractivity (Wildman–Crippen MR) is 115 cm³/mol. The summed E-state index contributed by atoms with van der Waals surface area (Å²) in [5, 5.41) is 4.22. The Morgan fingerprint density at radius 1 is 1.10 bits per heavy atom. The second-order valence-electron chi connectivity index (χ2n) is 7.05. The summed E-state index contributed by atoms with van der Waals surface area (Å²) in [4.78, 5) is 12.4. The normalized spacial score (nSPS) is 11.1. The van der Waals surface area contributed by atoms with Gasteiger partial charge in [0.1, 0.15) is 23.8 Å². The minimum atomic E-state index is -0.0860. The van der Waals surface area contributed by atoms with Crippen LogP contribution < -0.4 is 9.47 Å². The summed E-state index contributed by atoms with van der Waals surface area (Å²) in [6, 6.07) is 13.6. The van der Waals surface area contributed by atoms with Gasteiger partial charge in [0.25, 0.3) is 0 Å². The Morgan fingerprint density at radius 3 is 2.59 bits per heavy atom. The van der Waals surface area contributed by atoms with E-state index in [9.17, 15) is 4.79 Å². The highest BCUT2D eigenvalue weighted by Crippen LogP contribution is 2.25. The summed E-state index contributed by atoms with van der Waals surface area (Å²) < 4.78 is 13.1. The number of methoxy groups -OCH3 is 1. The van der Waals surface area contributed by atoms with Crippen molar-refractivity contribution in [3.63, 3.8) is 0 Å². The number of benzene rings is 2. The van der Waals surface area contributed by atoms with Gasteiger partial charge in [-0.3, -0.25) is 9.48 Å². The largest absolute Gasteiger partial charge is 0.496 e. The maximum atomic E-state index is 12.4. The van der Waals surface area contributed by atoms with Gasteiger partial charge in [0.2, 0.25) is 5.78 Å². The third-order valence-corrected chi connectivity index (χ3v) is 4.92. The van der Waals surface area contributed by atoms with Crippen LogP contribution in [0.1, 0.15) is 38.4 Å². The van der Waals surface area contributed by atoms with Crippen molar-refractivity contribution in [3.8, 4) is 11.5 Å². The molecule has 29 heavy (non-hydrogen) atoms. The Morgan fingerprint density at radius 2 is 1.90 bits per heavy atom. The molecule has 0 aliphatic heterocycles. The Kier molecular flexibility index (Phi) is 6.17. The van der Waals surface area contributed by atoms with Gasteiger partial charge in [-0.1, -0.05) is 24.3 Å². The summed E-state index contributed by atoms with van der Waals surface area (Å²) in [5.74, 6) is 1.52. The van der Waals surface area contributed by atoms with E-state index in [-0.39, 0.29) is 5.78 Å². The number of hydrogen-bond donors (Lipinski definition) is 0. The van der Waals surface area contributed by atoms with Gasteiger partial charge in [-0.15, -0.1) is 0 Å². The number of ether oxygens (including phenoxy) is 2. The standard InChI is InChI=1S/C24H26N2O3/c1-16-7-6-8-23(18(16)3)29-15-20-14-19(10-12-24(20)28-5)9-11-22(27)21-13-17(2)25-26(21)4/h6-14H,15H2,1-5H3/b11-9+. The van der Waals surface area contributed by atoms with Gasteiger partial charge in [-0.2, -0.15) is 5.10 Å². The van der Waals surface area contributed by atoms with Gasteiger partial charge in [0.05, 0.1) is 12.8 Å². The third kappa shape index (κ3) is 4.74. The molecule has 0 unspecified atom stereocenters. The fourth-order valence-electron chi connectivity index (χ4n) is 3.15. The number of rotatable bonds is 7. The molecule has 150 valence electrons. The molecular weight excluding hydrogens is 364 g/mol. The number of allylic oxidation sites excluding steroid dienone is 1. The van der Waals surface area contributed by atoms with Crippen LogP contribution in [0.4, 0.5) is 0 Å². The number of aromatic nitrogens is 2. The van der Waals surface area contributed by atoms with Crippen molar-refractivity contribution < 1.29 is 14.3 Å². The molecule has 0 N–H and O–H groups in total. The minimum Gasteiger partial charge on any atom is -0.496 e. The molecule has 0 fully saturated rings. The molecule has 0 aliphatic carbocycles. The average Bonchev–Trinajstić information content (AvgIpc) is 3.05. The van der Waals surface area contributed by atoms with Crippen LogP contribution >= 0.6 is 0 Å². The van der Waals surface area contributed by atoms with Gasteiger partial charge in [0, 0.05) is 12.6 Å². The molecule has 2 aromatic carbocycles. The molecule has 1 aromatic heterocycles. The van der Waals surface area contributed by atoms with E-state index >= 15 is 0 Å². The van der Waals surface area contributed by atoms with Crippen molar-refractivity contribution in [1.29, 1.82) is 0 Å². The maximum Gasteiger partial charge on any atom is 0.203 e. The molecule has 1 heterocycles. The fraction of sp³-hybridized carbons (Fsp3) is 0.250. The molecular formula is C24H26N2O3. The van der Waals surface area contributed by atoms with Crippen molar-refractivity contribution in [2.45, 2.75) is 27.4 Å². The van der Waals surface area contributed by atoms with Crippen LogP contribution in [0.5, 0.6) is 11.5 Å². The number of carbonyl (C=O) groups excluding carboxylic acids is 1. The molecule has 0 amide bonds. The summed E-state index contributed by atoms with van der Waals surface area (Å²) in [6.45, 7) is 6.36.